The molecule has 0 saturated carbocycles. The Morgan fingerprint density at radius 2 is 1.95 bits per heavy atom. The number of pyridine rings is 1. The lowest BCUT2D eigenvalue weighted by Crippen LogP contribution is -2.07. The van der Waals surface area contributed by atoms with Gasteiger partial charge >= 0.3 is 0 Å². The predicted molar refractivity (Wildman–Crippen MR) is 73.4 cm³/mol. The maximum absolute atomic E-state index is 10.0. The highest BCUT2D eigenvalue weighted by Gasteiger charge is 2.08. The van der Waals surface area contributed by atoms with E-state index < -0.39 is 0 Å². The molecule has 19 heavy (non-hydrogen) atoms. The molecule has 96 valence electrons. The fourth-order valence-corrected chi connectivity index (χ4v) is 1.98. The normalized spacial score (nSPS) is 10.6. The minimum atomic E-state index is 0.139. The first-order chi connectivity index (χ1) is 9.28. The third kappa shape index (κ3) is 2.06. The fourth-order valence-electron chi connectivity index (χ4n) is 1.98. The van der Waals surface area contributed by atoms with Gasteiger partial charge in [0.2, 0.25) is 5.88 Å². The zero-order valence-electron chi connectivity index (χ0n) is 10.4. The van der Waals surface area contributed by atoms with Crippen LogP contribution >= 0.6 is 0 Å². The molecule has 0 aliphatic heterocycles. The molecule has 0 unspecified atom stereocenters. The smallest absolute Gasteiger partial charge is 0.211 e. The van der Waals surface area contributed by atoms with Crippen LogP contribution in [0.15, 0.2) is 48.8 Å². The van der Waals surface area contributed by atoms with Gasteiger partial charge in [-0.25, -0.2) is 4.68 Å². The summed E-state index contributed by atoms with van der Waals surface area (Å²) < 4.78 is 6.79. The van der Waals surface area contributed by atoms with E-state index in [-0.39, 0.29) is 5.88 Å². The number of hydrogen-bond acceptors (Lipinski definition) is 4. The summed E-state index contributed by atoms with van der Waals surface area (Å²) in [5, 5.41) is 10.9. The lowest BCUT2D eigenvalue weighted by atomic mass is 10.2. The van der Waals surface area contributed by atoms with Crippen LogP contribution < -0.4 is 10.2 Å². The maximum Gasteiger partial charge on any atom is 0.211 e. The van der Waals surface area contributed by atoms with Crippen molar-refractivity contribution < 1.29 is 9.84 Å². The summed E-state index contributed by atoms with van der Waals surface area (Å²) in [7, 11) is 1.62. The lowest BCUT2D eigenvalue weighted by Gasteiger charge is -2.10. The molecule has 2 aromatic heterocycles. The van der Waals surface area contributed by atoms with Gasteiger partial charge in [0, 0.05) is 23.8 Å². The van der Waals surface area contributed by atoms with Crippen LogP contribution in [0.25, 0.3) is 10.9 Å². The van der Waals surface area contributed by atoms with E-state index in [9.17, 15) is 5.11 Å². The fraction of sp³-hybridized carbons (Fsp3) is 0.0714. The number of nitrogens with zero attached hydrogens (tertiary/aromatic N) is 2. The summed E-state index contributed by atoms with van der Waals surface area (Å²) in [5.74, 6) is 0.897. The molecule has 0 bridgehead atoms. The van der Waals surface area contributed by atoms with Gasteiger partial charge in [-0.15, -0.1) is 0 Å². The van der Waals surface area contributed by atoms with Crippen molar-refractivity contribution in [2.24, 2.45) is 0 Å². The van der Waals surface area contributed by atoms with Gasteiger partial charge < -0.3 is 9.84 Å². The van der Waals surface area contributed by atoms with Crippen molar-refractivity contribution in [2.75, 3.05) is 12.5 Å². The van der Waals surface area contributed by atoms with Crippen molar-refractivity contribution in [3.8, 4) is 11.6 Å². The Labute approximate surface area is 110 Å². The second kappa shape index (κ2) is 4.53. The van der Waals surface area contributed by atoms with Gasteiger partial charge in [-0.3, -0.25) is 10.4 Å². The number of hydrogen-bond donors (Lipinski definition) is 2. The molecule has 0 aliphatic carbocycles. The van der Waals surface area contributed by atoms with Crippen LogP contribution in [0.4, 0.5) is 5.69 Å². The summed E-state index contributed by atoms with van der Waals surface area (Å²) in [5.41, 5.74) is 4.83. The third-order valence-corrected chi connectivity index (χ3v) is 2.91. The van der Waals surface area contributed by atoms with Gasteiger partial charge in [0.1, 0.15) is 5.75 Å². The monoisotopic (exact) mass is 255 g/mol. The van der Waals surface area contributed by atoms with Crippen molar-refractivity contribution in [3.63, 3.8) is 0 Å². The molecular formula is C14H13N3O2. The van der Waals surface area contributed by atoms with E-state index in [1.165, 1.54) is 0 Å². The molecule has 1 aromatic carbocycles. The number of aromatic nitrogens is 2. The molecule has 0 atom stereocenters. The van der Waals surface area contributed by atoms with Crippen molar-refractivity contribution >= 4 is 16.6 Å². The molecule has 5 heteroatoms. The molecule has 0 spiro atoms. The first-order valence-electron chi connectivity index (χ1n) is 5.83. The number of benzene rings is 1. The van der Waals surface area contributed by atoms with Crippen molar-refractivity contribution in [1.82, 2.24) is 9.66 Å². The van der Waals surface area contributed by atoms with Crippen LogP contribution in [0.5, 0.6) is 11.6 Å². The molecule has 0 aliphatic rings. The molecule has 5 nitrogen and oxygen atoms in total. The van der Waals surface area contributed by atoms with Gasteiger partial charge in [-0.05, 0) is 30.3 Å². The second-order valence-corrected chi connectivity index (χ2v) is 4.11. The van der Waals surface area contributed by atoms with Crippen molar-refractivity contribution in [1.29, 1.82) is 0 Å². The SMILES string of the molecule is COc1ccc2c(c1)cc(O)n2Nc1ccncc1. The minimum absolute atomic E-state index is 0.139. The van der Waals surface area contributed by atoms with Crippen LogP contribution in [-0.2, 0) is 0 Å². The summed E-state index contributed by atoms with van der Waals surface area (Å²) in [6, 6.07) is 11.0. The largest absolute Gasteiger partial charge is 0.497 e. The maximum atomic E-state index is 10.0. The molecule has 2 N–H and O–H groups in total. The van der Waals surface area contributed by atoms with Gasteiger partial charge in [-0.2, -0.15) is 0 Å². The van der Waals surface area contributed by atoms with Crippen molar-refractivity contribution in [2.45, 2.75) is 0 Å². The van der Waals surface area contributed by atoms with E-state index in [1.54, 1.807) is 30.2 Å². The van der Waals surface area contributed by atoms with Crippen molar-refractivity contribution in [3.05, 3.63) is 48.8 Å². The van der Waals surface area contributed by atoms with E-state index in [2.05, 4.69) is 10.4 Å². The number of methoxy groups -OCH3 is 1. The molecule has 2 heterocycles. The van der Waals surface area contributed by atoms with Crippen LogP contribution in [0.3, 0.4) is 0 Å². The summed E-state index contributed by atoms with van der Waals surface area (Å²) >= 11 is 0. The average Bonchev–Trinajstić information content (AvgIpc) is 2.75. The highest BCUT2D eigenvalue weighted by Crippen LogP contribution is 2.27. The Morgan fingerprint density at radius 1 is 1.16 bits per heavy atom. The molecule has 0 saturated heterocycles. The van der Waals surface area contributed by atoms with Crippen LogP contribution in [0, 0.1) is 0 Å². The first-order valence-corrected chi connectivity index (χ1v) is 5.83. The number of aromatic hydroxyl groups is 1. The summed E-state index contributed by atoms with van der Waals surface area (Å²) in [6.45, 7) is 0. The Morgan fingerprint density at radius 3 is 2.68 bits per heavy atom. The first kappa shape index (κ1) is 11.4. The zero-order valence-corrected chi connectivity index (χ0v) is 10.4. The van der Waals surface area contributed by atoms with E-state index in [0.717, 1.165) is 22.3 Å². The molecule has 0 amide bonds. The van der Waals surface area contributed by atoms with Gasteiger partial charge in [-0.1, -0.05) is 0 Å². The summed E-state index contributed by atoms with van der Waals surface area (Å²) in [6.07, 6.45) is 3.38. The number of rotatable bonds is 3. The zero-order chi connectivity index (χ0) is 13.2. The van der Waals surface area contributed by atoms with Crippen LogP contribution in [-0.4, -0.2) is 21.9 Å². The highest BCUT2D eigenvalue weighted by molar-refractivity contribution is 5.84. The Balaban J connectivity index is 2.06. The topological polar surface area (TPSA) is 59.3 Å². The predicted octanol–water partition coefficient (Wildman–Crippen LogP) is 2.63. The second-order valence-electron chi connectivity index (χ2n) is 4.11. The number of fused-ring (bicyclic) bond motifs is 1. The minimum Gasteiger partial charge on any atom is -0.497 e. The lowest BCUT2D eigenvalue weighted by molar-refractivity contribution is 0.415. The Bertz CT molecular complexity index is 707. The summed E-state index contributed by atoms with van der Waals surface area (Å²) in [4.78, 5) is 3.95. The van der Waals surface area contributed by atoms with Gasteiger partial charge in [0.25, 0.3) is 0 Å². The molecule has 0 fully saturated rings. The standard InChI is InChI=1S/C14H13N3O2/c1-19-12-2-3-13-10(8-12)9-14(18)17(13)16-11-4-6-15-7-5-11/h2-9,18H,1H3,(H,15,16). The van der Waals surface area contributed by atoms with Gasteiger partial charge in [0.15, 0.2) is 0 Å². The quantitative estimate of drug-likeness (QED) is 0.755. The van der Waals surface area contributed by atoms with E-state index >= 15 is 0 Å². The molecular weight excluding hydrogens is 242 g/mol. The average molecular weight is 255 g/mol. The Kier molecular flexibility index (Phi) is 2.72. The molecule has 3 rings (SSSR count). The molecule has 0 radical (unpaired) electrons. The van der Waals surface area contributed by atoms with Crippen LogP contribution in [0.1, 0.15) is 0 Å². The van der Waals surface area contributed by atoms with E-state index in [1.807, 2.05) is 30.3 Å². The Hall–Kier alpha value is -2.69. The number of ether oxygens (including phenoxy) is 1. The molecule has 3 aromatic rings. The van der Waals surface area contributed by atoms with E-state index in [0.29, 0.717) is 0 Å². The number of anilines is 1. The van der Waals surface area contributed by atoms with E-state index in [4.69, 9.17) is 4.74 Å². The van der Waals surface area contributed by atoms with Gasteiger partial charge in [0.05, 0.1) is 18.3 Å². The van der Waals surface area contributed by atoms with Crippen LogP contribution in [0.2, 0.25) is 0 Å². The number of nitrogens with one attached hydrogen (secondary N) is 1. The third-order valence-electron chi connectivity index (χ3n) is 2.91. The highest BCUT2D eigenvalue weighted by atomic mass is 16.5.